The van der Waals surface area contributed by atoms with Crippen molar-refractivity contribution in [3.8, 4) is 11.5 Å². The predicted molar refractivity (Wildman–Crippen MR) is 122 cm³/mol. The second kappa shape index (κ2) is 10.5. The Balaban J connectivity index is 1.50. The molecule has 7 nitrogen and oxygen atoms in total. The average Bonchev–Trinajstić information content (AvgIpc) is 2.76. The van der Waals surface area contributed by atoms with Gasteiger partial charge in [0, 0.05) is 17.0 Å². The Morgan fingerprint density at radius 2 is 1.71 bits per heavy atom. The van der Waals surface area contributed by atoms with Gasteiger partial charge in [-0.2, -0.15) is 0 Å². The Kier molecular flexibility index (Phi) is 7.76. The van der Waals surface area contributed by atoms with Gasteiger partial charge in [-0.1, -0.05) is 23.7 Å². The molecule has 0 atom stereocenters. The number of aryl methyl sites for hydroxylation is 1. The van der Waals surface area contributed by atoms with Crippen LogP contribution in [-0.2, 0) is 9.59 Å². The Hall–Kier alpha value is -2.77. The summed E-state index contributed by atoms with van der Waals surface area (Å²) in [5.74, 6) is 0.920. The van der Waals surface area contributed by atoms with Crippen molar-refractivity contribution in [1.82, 2.24) is 4.90 Å². The smallest absolute Gasteiger partial charge is 0.238 e. The normalized spacial score (nSPS) is 14.7. The molecular formula is C23H28ClN3O4. The van der Waals surface area contributed by atoms with E-state index in [0.717, 1.165) is 5.56 Å². The molecule has 0 aromatic heterocycles. The summed E-state index contributed by atoms with van der Waals surface area (Å²) >= 11 is 6.12. The molecule has 2 N–H and O–H groups in total. The number of rotatable bonds is 7. The quantitative estimate of drug-likeness (QED) is 0.674. The average molecular weight is 446 g/mol. The lowest BCUT2D eigenvalue weighted by atomic mass is 9.95. The fourth-order valence-electron chi connectivity index (χ4n) is 3.66. The summed E-state index contributed by atoms with van der Waals surface area (Å²) in [6, 6.07) is 10.8. The van der Waals surface area contributed by atoms with Gasteiger partial charge >= 0.3 is 0 Å². The van der Waals surface area contributed by atoms with Gasteiger partial charge in [-0.05, 0) is 56.6 Å². The number of benzene rings is 2. The van der Waals surface area contributed by atoms with E-state index in [-0.39, 0.29) is 24.3 Å². The van der Waals surface area contributed by atoms with Crippen LogP contribution in [0.1, 0.15) is 18.4 Å². The van der Waals surface area contributed by atoms with Crippen molar-refractivity contribution in [2.24, 2.45) is 5.92 Å². The SMILES string of the molecule is COc1cc(Cl)c(C)cc1NC(=O)CN1CCC(C(=O)Nc2ccccc2OC)CC1. The highest BCUT2D eigenvalue weighted by atomic mass is 35.5. The first-order valence-electron chi connectivity index (χ1n) is 10.2. The van der Waals surface area contributed by atoms with Crippen LogP contribution in [0.25, 0.3) is 0 Å². The zero-order valence-electron chi connectivity index (χ0n) is 18.0. The zero-order valence-corrected chi connectivity index (χ0v) is 18.8. The van der Waals surface area contributed by atoms with Gasteiger partial charge in [-0.25, -0.2) is 0 Å². The number of amides is 2. The summed E-state index contributed by atoms with van der Waals surface area (Å²) in [6.07, 6.45) is 1.38. The number of halogens is 1. The highest BCUT2D eigenvalue weighted by molar-refractivity contribution is 6.31. The van der Waals surface area contributed by atoms with Gasteiger partial charge in [0.25, 0.3) is 0 Å². The fraction of sp³-hybridized carbons (Fsp3) is 0.391. The van der Waals surface area contributed by atoms with E-state index in [1.54, 1.807) is 19.2 Å². The minimum Gasteiger partial charge on any atom is -0.495 e. The third-order valence-electron chi connectivity index (χ3n) is 5.45. The first kappa shape index (κ1) is 22.9. The summed E-state index contributed by atoms with van der Waals surface area (Å²) < 4.78 is 10.6. The maximum atomic E-state index is 12.6. The summed E-state index contributed by atoms with van der Waals surface area (Å²) in [6.45, 7) is 3.48. The number of hydrogen-bond donors (Lipinski definition) is 2. The van der Waals surface area contributed by atoms with E-state index in [4.69, 9.17) is 21.1 Å². The number of carbonyl (C=O) groups is 2. The van der Waals surface area contributed by atoms with Gasteiger partial charge in [0.2, 0.25) is 11.8 Å². The molecule has 1 fully saturated rings. The van der Waals surface area contributed by atoms with Crippen molar-refractivity contribution in [3.05, 3.63) is 47.0 Å². The Morgan fingerprint density at radius 1 is 1.03 bits per heavy atom. The molecule has 1 aliphatic rings. The number of ether oxygens (including phenoxy) is 2. The molecule has 2 aromatic carbocycles. The van der Waals surface area contributed by atoms with Crippen molar-refractivity contribution < 1.29 is 19.1 Å². The summed E-state index contributed by atoms with van der Waals surface area (Å²) in [4.78, 5) is 27.2. The van der Waals surface area contributed by atoms with Crippen molar-refractivity contribution in [1.29, 1.82) is 0 Å². The molecule has 0 unspecified atom stereocenters. The molecule has 2 amide bonds. The zero-order chi connectivity index (χ0) is 22.4. The van der Waals surface area contributed by atoms with E-state index in [1.807, 2.05) is 31.2 Å². The minimum atomic E-state index is -0.128. The van der Waals surface area contributed by atoms with Crippen molar-refractivity contribution in [3.63, 3.8) is 0 Å². The summed E-state index contributed by atoms with van der Waals surface area (Å²) in [5, 5.41) is 6.44. The molecule has 0 bridgehead atoms. The first-order chi connectivity index (χ1) is 14.9. The number of likely N-dealkylation sites (tertiary alicyclic amines) is 1. The molecule has 31 heavy (non-hydrogen) atoms. The summed E-state index contributed by atoms with van der Waals surface area (Å²) in [7, 11) is 3.12. The number of anilines is 2. The first-order valence-corrected chi connectivity index (χ1v) is 10.6. The standard InChI is InChI=1S/C23H28ClN3O4/c1-15-12-19(21(31-3)13-17(15)24)25-22(28)14-27-10-8-16(9-11-27)23(29)26-18-6-4-5-7-20(18)30-2/h4-7,12-13,16H,8-11,14H2,1-3H3,(H,25,28)(H,26,29). The number of para-hydroxylation sites is 2. The molecule has 1 heterocycles. The lowest BCUT2D eigenvalue weighted by molar-refractivity contribution is -0.121. The third-order valence-corrected chi connectivity index (χ3v) is 5.85. The Morgan fingerprint density at radius 3 is 2.39 bits per heavy atom. The topological polar surface area (TPSA) is 79.9 Å². The van der Waals surface area contributed by atoms with Gasteiger partial charge in [0.1, 0.15) is 11.5 Å². The largest absolute Gasteiger partial charge is 0.495 e. The molecule has 1 aliphatic heterocycles. The van der Waals surface area contributed by atoms with Gasteiger partial charge < -0.3 is 20.1 Å². The van der Waals surface area contributed by atoms with Crippen LogP contribution >= 0.6 is 11.6 Å². The molecule has 1 saturated heterocycles. The maximum Gasteiger partial charge on any atom is 0.238 e. The number of methoxy groups -OCH3 is 2. The van der Waals surface area contributed by atoms with E-state index in [2.05, 4.69) is 15.5 Å². The summed E-state index contributed by atoms with van der Waals surface area (Å²) in [5.41, 5.74) is 2.13. The minimum absolute atomic E-state index is 0.0185. The van der Waals surface area contributed by atoms with Crippen LogP contribution in [-0.4, -0.2) is 50.6 Å². The number of hydrogen-bond acceptors (Lipinski definition) is 5. The van der Waals surface area contributed by atoms with Crippen LogP contribution in [0.5, 0.6) is 11.5 Å². The predicted octanol–water partition coefficient (Wildman–Crippen LogP) is 3.95. The lowest BCUT2D eigenvalue weighted by Crippen LogP contribution is -2.41. The Labute approximate surface area is 187 Å². The number of nitrogens with one attached hydrogen (secondary N) is 2. The van der Waals surface area contributed by atoms with E-state index in [1.165, 1.54) is 7.11 Å². The van der Waals surface area contributed by atoms with Crippen LogP contribution in [0.3, 0.4) is 0 Å². The molecular weight excluding hydrogens is 418 g/mol. The second-order valence-electron chi connectivity index (χ2n) is 7.59. The molecule has 3 rings (SSSR count). The lowest BCUT2D eigenvalue weighted by Gasteiger charge is -2.30. The highest BCUT2D eigenvalue weighted by Gasteiger charge is 2.26. The molecule has 0 radical (unpaired) electrons. The molecule has 0 spiro atoms. The van der Waals surface area contributed by atoms with E-state index < -0.39 is 0 Å². The van der Waals surface area contributed by atoms with Gasteiger partial charge in [-0.3, -0.25) is 14.5 Å². The number of piperidine rings is 1. The molecule has 8 heteroatoms. The van der Waals surface area contributed by atoms with Crippen molar-refractivity contribution in [2.75, 3.05) is 44.5 Å². The monoisotopic (exact) mass is 445 g/mol. The van der Waals surface area contributed by atoms with Crippen LogP contribution < -0.4 is 20.1 Å². The molecule has 0 aliphatic carbocycles. The van der Waals surface area contributed by atoms with Crippen molar-refractivity contribution in [2.45, 2.75) is 19.8 Å². The van der Waals surface area contributed by atoms with Crippen LogP contribution in [0.2, 0.25) is 5.02 Å². The maximum absolute atomic E-state index is 12.6. The Bertz CT molecular complexity index is 942. The molecule has 0 saturated carbocycles. The number of carbonyl (C=O) groups excluding carboxylic acids is 2. The fourth-order valence-corrected chi connectivity index (χ4v) is 3.81. The van der Waals surface area contributed by atoms with Crippen LogP contribution in [0, 0.1) is 12.8 Å². The van der Waals surface area contributed by atoms with Crippen LogP contribution in [0.4, 0.5) is 11.4 Å². The van der Waals surface area contributed by atoms with Gasteiger partial charge in [-0.15, -0.1) is 0 Å². The third kappa shape index (κ3) is 5.89. The van der Waals surface area contributed by atoms with E-state index in [9.17, 15) is 9.59 Å². The highest BCUT2D eigenvalue weighted by Crippen LogP contribution is 2.31. The van der Waals surface area contributed by atoms with Gasteiger partial charge in [0.15, 0.2) is 0 Å². The number of nitrogens with zero attached hydrogens (tertiary/aromatic N) is 1. The van der Waals surface area contributed by atoms with Crippen molar-refractivity contribution >= 4 is 34.8 Å². The van der Waals surface area contributed by atoms with Crippen LogP contribution in [0.15, 0.2) is 36.4 Å². The van der Waals surface area contributed by atoms with E-state index >= 15 is 0 Å². The second-order valence-corrected chi connectivity index (χ2v) is 8.00. The van der Waals surface area contributed by atoms with E-state index in [0.29, 0.717) is 53.8 Å². The molecule has 166 valence electrons. The molecule has 2 aromatic rings. The van der Waals surface area contributed by atoms with Gasteiger partial charge in [0.05, 0.1) is 32.1 Å².